The Morgan fingerprint density at radius 3 is 2.03 bits per heavy atom. The highest BCUT2D eigenvalue weighted by Crippen LogP contribution is 2.64. The molecule has 2 aromatic rings. The fourth-order valence-corrected chi connectivity index (χ4v) is 5.93. The summed E-state index contributed by atoms with van der Waals surface area (Å²) < 4.78 is 56.5. The molecule has 0 spiro atoms. The number of phosphoric ester groups is 2. The fraction of sp³-hybridized carbons (Fsp3) is 0.333. The molecule has 0 radical (unpaired) electrons. The van der Waals surface area contributed by atoms with Gasteiger partial charge in [-0.2, -0.15) is 4.31 Å². The molecule has 2 aromatic carbocycles. The summed E-state index contributed by atoms with van der Waals surface area (Å²) in [5.41, 5.74) is 0. The third-order valence-corrected chi connectivity index (χ3v) is 7.49. The normalized spacial score (nSPS) is 29.8. The highest BCUT2D eigenvalue weighted by atomic mass is 31.3. The molecule has 0 aromatic heterocycles. The first-order chi connectivity index (χ1) is 14.7. The van der Waals surface area contributed by atoms with Gasteiger partial charge in [0.25, 0.3) is 0 Å². The van der Waals surface area contributed by atoms with Gasteiger partial charge < -0.3 is 33.6 Å². The van der Waals surface area contributed by atoms with Crippen molar-refractivity contribution in [2.24, 2.45) is 0 Å². The number of rotatable bonds is 8. The first-order valence-corrected chi connectivity index (χ1v) is 12.1. The maximum Gasteiger partial charge on any atom is 0.596 e. The topological polar surface area (TPSA) is 150 Å². The van der Waals surface area contributed by atoms with E-state index in [9.17, 15) is 24.2 Å². The van der Waals surface area contributed by atoms with E-state index in [0.29, 0.717) is 0 Å². The third-order valence-electron chi connectivity index (χ3n) is 4.45. The van der Waals surface area contributed by atoms with E-state index < -0.39 is 46.4 Å². The van der Waals surface area contributed by atoms with Crippen molar-refractivity contribution in [1.29, 1.82) is 0 Å². The average Bonchev–Trinajstić information content (AvgIpc) is 3.23. The molecule has 5 atom stereocenters. The lowest BCUT2D eigenvalue weighted by Crippen LogP contribution is -2.45. The smallest absolute Gasteiger partial charge is 0.395 e. The molecular formula is C18H20O11P2. The van der Waals surface area contributed by atoms with E-state index in [1.54, 1.807) is 36.4 Å². The average molecular weight is 474 g/mol. The highest BCUT2D eigenvalue weighted by Gasteiger charge is 2.60. The van der Waals surface area contributed by atoms with E-state index in [-0.39, 0.29) is 18.1 Å². The van der Waals surface area contributed by atoms with Gasteiger partial charge in [-0.15, -0.1) is 0 Å². The Morgan fingerprint density at radius 1 is 0.935 bits per heavy atom. The van der Waals surface area contributed by atoms with Gasteiger partial charge in [0.15, 0.2) is 0 Å². The zero-order chi connectivity index (χ0) is 22.1. The van der Waals surface area contributed by atoms with Gasteiger partial charge >= 0.3 is 15.6 Å². The van der Waals surface area contributed by atoms with Crippen molar-refractivity contribution in [2.75, 3.05) is 13.2 Å². The summed E-state index contributed by atoms with van der Waals surface area (Å²) in [5.74, 6) is -2.37. The van der Waals surface area contributed by atoms with Crippen LogP contribution in [0, 0.1) is 0 Å². The second-order valence-electron chi connectivity index (χ2n) is 6.84. The molecule has 4 rings (SSSR count). The Labute approximate surface area is 177 Å². The number of fused-ring (bicyclic) bond motifs is 1. The van der Waals surface area contributed by atoms with Crippen LogP contribution in [0.2, 0.25) is 0 Å². The summed E-state index contributed by atoms with van der Waals surface area (Å²) in [6, 6.07) is 15.4. The summed E-state index contributed by atoms with van der Waals surface area (Å²) in [5, 5.41) is 20.4. The van der Waals surface area contributed by atoms with Gasteiger partial charge in [0.1, 0.15) is 36.4 Å². The molecule has 13 heteroatoms. The van der Waals surface area contributed by atoms with Crippen molar-refractivity contribution in [3.63, 3.8) is 0 Å². The molecule has 3 N–H and O–H groups in total. The van der Waals surface area contributed by atoms with Crippen molar-refractivity contribution < 1.29 is 51.6 Å². The van der Waals surface area contributed by atoms with Crippen LogP contribution < -0.4 is 9.05 Å². The molecule has 2 aliphatic heterocycles. The van der Waals surface area contributed by atoms with Gasteiger partial charge in [0, 0.05) is 0 Å². The predicted octanol–water partition coefficient (Wildman–Crippen LogP) is 2.23. The summed E-state index contributed by atoms with van der Waals surface area (Å²) >= 11 is 0. The van der Waals surface area contributed by atoms with Gasteiger partial charge in [0.2, 0.25) is 5.79 Å². The van der Waals surface area contributed by atoms with Crippen molar-refractivity contribution >= 4 is 15.6 Å². The SMILES string of the molecule is O=P(O)(O[C@@]1(O)CO[C@@H]2[C@H](O)CO[C@@H]21)OP(=O)(Oc1ccccc1)Oc1ccccc1. The Balaban J connectivity index is 1.55. The monoisotopic (exact) mass is 474 g/mol. The Bertz CT molecular complexity index is 943. The molecule has 0 saturated carbocycles. The number of para-hydroxylation sites is 2. The number of aliphatic hydroxyl groups excluding tert-OH is 1. The molecule has 0 amide bonds. The quantitative estimate of drug-likeness (QED) is 0.382. The molecule has 0 aliphatic carbocycles. The van der Waals surface area contributed by atoms with Gasteiger partial charge in [-0.05, 0) is 24.3 Å². The first-order valence-electron chi connectivity index (χ1n) is 9.16. The van der Waals surface area contributed by atoms with E-state index in [1.807, 2.05) is 0 Å². The van der Waals surface area contributed by atoms with Gasteiger partial charge in [0.05, 0.1) is 6.61 Å². The van der Waals surface area contributed by atoms with Gasteiger partial charge in [-0.1, -0.05) is 36.4 Å². The Kier molecular flexibility index (Phi) is 6.24. The number of aliphatic hydroxyl groups is 2. The molecular weight excluding hydrogens is 454 g/mol. The van der Waals surface area contributed by atoms with Crippen LogP contribution in [-0.4, -0.2) is 52.4 Å². The van der Waals surface area contributed by atoms with Crippen LogP contribution in [0.1, 0.15) is 0 Å². The molecule has 2 heterocycles. The number of hydrogen-bond acceptors (Lipinski definition) is 10. The van der Waals surface area contributed by atoms with Crippen molar-refractivity contribution in [2.45, 2.75) is 24.1 Å². The van der Waals surface area contributed by atoms with Crippen LogP contribution in [0.5, 0.6) is 11.5 Å². The maximum atomic E-state index is 13.3. The van der Waals surface area contributed by atoms with Crippen LogP contribution in [0.3, 0.4) is 0 Å². The lowest BCUT2D eigenvalue weighted by molar-refractivity contribution is -0.200. The number of hydrogen-bond donors (Lipinski definition) is 3. The van der Waals surface area contributed by atoms with Crippen LogP contribution in [-0.2, 0) is 27.4 Å². The van der Waals surface area contributed by atoms with Crippen LogP contribution in [0.4, 0.5) is 0 Å². The minimum absolute atomic E-state index is 0.0342. The van der Waals surface area contributed by atoms with E-state index in [0.717, 1.165) is 0 Å². The Hall–Kier alpha value is -1.78. The first kappa shape index (κ1) is 22.4. The van der Waals surface area contributed by atoms with Crippen molar-refractivity contribution in [1.82, 2.24) is 0 Å². The van der Waals surface area contributed by atoms with E-state index in [4.69, 9.17) is 27.4 Å². The zero-order valence-corrected chi connectivity index (χ0v) is 17.7. The summed E-state index contributed by atoms with van der Waals surface area (Å²) in [6.07, 6.45) is -3.26. The molecule has 168 valence electrons. The van der Waals surface area contributed by atoms with Crippen LogP contribution >= 0.6 is 15.6 Å². The summed E-state index contributed by atoms with van der Waals surface area (Å²) in [7, 11) is -10.1. The summed E-state index contributed by atoms with van der Waals surface area (Å²) in [6.45, 7) is -0.749. The minimum atomic E-state index is -5.28. The lowest BCUT2D eigenvalue weighted by atomic mass is 10.1. The Morgan fingerprint density at radius 2 is 1.48 bits per heavy atom. The highest BCUT2D eigenvalue weighted by molar-refractivity contribution is 7.62. The predicted molar refractivity (Wildman–Crippen MR) is 104 cm³/mol. The second kappa shape index (κ2) is 8.63. The minimum Gasteiger partial charge on any atom is -0.395 e. The largest absolute Gasteiger partial charge is 0.596 e. The molecule has 31 heavy (non-hydrogen) atoms. The molecule has 2 fully saturated rings. The lowest BCUT2D eigenvalue weighted by Gasteiger charge is -2.29. The van der Waals surface area contributed by atoms with Crippen LogP contribution in [0.25, 0.3) is 0 Å². The molecule has 2 aliphatic rings. The third kappa shape index (κ3) is 5.18. The van der Waals surface area contributed by atoms with E-state index in [2.05, 4.69) is 0 Å². The number of benzene rings is 2. The molecule has 0 bridgehead atoms. The van der Waals surface area contributed by atoms with Crippen molar-refractivity contribution in [3.05, 3.63) is 60.7 Å². The van der Waals surface area contributed by atoms with Crippen molar-refractivity contribution in [3.8, 4) is 11.5 Å². The zero-order valence-electron chi connectivity index (χ0n) is 15.9. The van der Waals surface area contributed by atoms with Gasteiger partial charge in [-0.25, -0.2) is 13.7 Å². The number of ether oxygens (including phenoxy) is 2. The maximum absolute atomic E-state index is 13.3. The second-order valence-corrected chi connectivity index (χ2v) is 9.87. The van der Waals surface area contributed by atoms with E-state index in [1.165, 1.54) is 24.3 Å². The molecule has 1 unspecified atom stereocenters. The summed E-state index contributed by atoms with van der Waals surface area (Å²) in [4.78, 5) is 10.3. The molecule has 2 saturated heterocycles. The fourth-order valence-electron chi connectivity index (χ4n) is 3.17. The molecule has 11 nitrogen and oxygen atoms in total. The van der Waals surface area contributed by atoms with E-state index >= 15 is 0 Å². The standard InChI is InChI=1S/C18H20O11P2/c19-15-11-24-17-16(15)25-12-18(17,20)28-30(21,22)29-31(23,26-13-7-3-1-4-8-13)27-14-9-5-2-6-10-14/h1-10,15-17,19-20H,11-12H2,(H,21,22)/t15-,16-,17+,18+/m1/s1. The van der Waals surface area contributed by atoms with Crippen LogP contribution in [0.15, 0.2) is 60.7 Å². The van der Waals surface area contributed by atoms with Gasteiger partial charge in [-0.3, -0.25) is 0 Å². The number of phosphoric acid groups is 2.